The molecule has 1 aromatic rings. The summed E-state index contributed by atoms with van der Waals surface area (Å²) in [5, 5.41) is 0. The quantitative estimate of drug-likeness (QED) is 0.535. The van der Waals surface area contributed by atoms with E-state index in [-0.39, 0.29) is 0 Å². The first-order chi connectivity index (χ1) is 6.06. The maximum absolute atomic E-state index is 13.0. The van der Waals surface area contributed by atoms with Gasteiger partial charge in [0, 0.05) is 0 Å². The first-order valence-corrected chi connectivity index (χ1v) is 4.14. The molecule has 1 nitrogen and oxygen atoms in total. The summed E-state index contributed by atoms with van der Waals surface area (Å²) in [6.07, 6.45) is 0. The van der Waals surface area contributed by atoms with Crippen LogP contribution in [0.5, 0.6) is 0 Å². The Morgan fingerprint density at radius 2 is 1.85 bits per heavy atom. The summed E-state index contributed by atoms with van der Waals surface area (Å²) in [5.74, 6) is -2.88. The molecule has 0 aliphatic carbocycles. The first kappa shape index (κ1) is 10.1. The van der Waals surface area contributed by atoms with Crippen LogP contribution in [0.1, 0.15) is 15.9 Å². The highest BCUT2D eigenvalue weighted by molar-refractivity contribution is 6.30. The number of benzene rings is 1. The Morgan fingerprint density at radius 3 is 2.23 bits per heavy atom. The van der Waals surface area contributed by atoms with Crippen LogP contribution in [-0.2, 0) is 0 Å². The van der Waals surface area contributed by atoms with Crippen LogP contribution in [-0.4, -0.2) is 11.7 Å². The van der Waals surface area contributed by atoms with Crippen molar-refractivity contribution in [3.8, 4) is 0 Å². The van der Waals surface area contributed by atoms with E-state index in [0.717, 1.165) is 12.1 Å². The van der Waals surface area contributed by atoms with E-state index < -0.39 is 28.9 Å². The molecule has 1 aromatic carbocycles. The second kappa shape index (κ2) is 3.83. The van der Waals surface area contributed by atoms with Crippen molar-refractivity contribution in [1.82, 2.24) is 0 Å². The van der Waals surface area contributed by atoms with Crippen LogP contribution in [0.25, 0.3) is 0 Å². The number of rotatable bonds is 2. The lowest BCUT2D eigenvalue weighted by Gasteiger charge is -2.02. The van der Waals surface area contributed by atoms with Crippen LogP contribution in [0.2, 0.25) is 0 Å². The molecule has 0 N–H and O–H groups in total. The van der Waals surface area contributed by atoms with Gasteiger partial charge in [-0.2, -0.15) is 0 Å². The molecule has 4 heteroatoms. The van der Waals surface area contributed by atoms with E-state index in [2.05, 4.69) is 0 Å². The first-order valence-electron chi connectivity index (χ1n) is 3.61. The Labute approximate surface area is 79.3 Å². The Hall–Kier alpha value is -0.960. The van der Waals surface area contributed by atoms with E-state index in [0.29, 0.717) is 5.56 Å². The number of ketones is 1. The molecule has 0 amide bonds. The highest BCUT2D eigenvalue weighted by Gasteiger charge is 2.16. The predicted molar refractivity (Wildman–Crippen MR) is 46.1 cm³/mol. The van der Waals surface area contributed by atoms with Gasteiger partial charge in [-0.25, -0.2) is 8.78 Å². The number of aryl methyl sites for hydroxylation is 1. The smallest absolute Gasteiger partial charge is 0.183 e. The summed E-state index contributed by atoms with van der Waals surface area (Å²) in [7, 11) is 0. The van der Waals surface area contributed by atoms with Gasteiger partial charge in [0.1, 0.15) is 11.6 Å². The molecule has 0 spiro atoms. The van der Waals surface area contributed by atoms with Crippen molar-refractivity contribution in [2.24, 2.45) is 0 Å². The Morgan fingerprint density at radius 1 is 1.38 bits per heavy atom. The maximum Gasteiger partial charge on any atom is 0.183 e. The highest BCUT2D eigenvalue weighted by Crippen LogP contribution is 2.15. The van der Waals surface area contributed by atoms with Crippen molar-refractivity contribution in [2.75, 3.05) is 5.88 Å². The third-order valence-corrected chi connectivity index (χ3v) is 1.83. The summed E-state index contributed by atoms with van der Waals surface area (Å²) in [5.41, 5.74) is -0.123. The van der Waals surface area contributed by atoms with Gasteiger partial charge in [0.05, 0.1) is 11.4 Å². The van der Waals surface area contributed by atoms with Gasteiger partial charge < -0.3 is 0 Å². The summed E-state index contributed by atoms with van der Waals surface area (Å²) >= 11 is 5.19. The van der Waals surface area contributed by atoms with Crippen molar-refractivity contribution in [1.29, 1.82) is 0 Å². The summed E-state index contributed by atoms with van der Waals surface area (Å²) in [4.78, 5) is 11.0. The number of Topliss-reactive ketones (excluding diaryl/α,β-unsaturated/α-hetero) is 1. The van der Waals surface area contributed by atoms with Crippen molar-refractivity contribution in [3.05, 3.63) is 34.9 Å². The van der Waals surface area contributed by atoms with Crippen LogP contribution in [0, 0.1) is 18.6 Å². The normalized spacial score (nSPS) is 10.2. The van der Waals surface area contributed by atoms with Crippen LogP contribution < -0.4 is 0 Å². The fourth-order valence-corrected chi connectivity index (χ4v) is 1.17. The molecule has 0 aliphatic rings. The molecule has 0 fully saturated rings. The minimum atomic E-state index is -0.858. The molecule has 0 bridgehead atoms. The molecule has 0 atom stereocenters. The molecule has 1 rings (SSSR count). The van der Waals surface area contributed by atoms with Gasteiger partial charge >= 0.3 is 0 Å². The Bertz CT molecular complexity index is 326. The topological polar surface area (TPSA) is 17.1 Å². The largest absolute Gasteiger partial charge is 0.293 e. The highest BCUT2D eigenvalue weighted by atomic mass is 35.5. The molecular formula is C9H7ClF2O. The lowest BCUT2D eigenvalue weighted by Crippen LogP contribution is -2.07. The second-order valence-electron chi connectivity index (χ2n) is 2.66. The van der Waals surface area contributed by atoms with Gasteiger partial charge in [0.15, 0.2) is 5.78 Å². The minimum absolute atomic E-state index is 0.420. The lowest BCUT2D eigenvalue weighted by atomic mass is 10.1. The van der Waals surface area contributed by atoms with Crippen LogP contribution in [0.15, 0.2) is 12.1 Å². The van der Waals surface area contributed by atoms with E-state index in [1.54, 1.807) is 6.92 Å². The zero-order valence-electron chi connectivity index (χ0n) is 6.90. The summed E-state index contributed by atoms with van der Waals surface area (Å²) < 4.78 is 26.1. The van der Waals surface area contributed by atoms with Gasteiger partial charge in [0.25, 0.3) is 0 Å². The van der Waals surface area contributed by atoms with E-state index in [4.69, 9.17) is 11.6 Å². The summed E-state index contributed by atoms with van der Waals surface area (Å²) in [6.45, 7) is 1.54. The van der Waals surface area contributed by atoms with Crippen molar-refractivity contribution in [3.63, 3.8) is 0 Å². The van der Waals surface area contributed by atoms with Crippen LogP contribution >= 0.6 is 11.6 Å². The zero-order chi connectivity index (χ0) is 10.0. The SMILES string of the molecule is Cc1cc(F)c(C(=O)CCl)c(F)c1. The van der Waals surface area contributed by atoms with Gasteiger partial charge in [-0.1, -0.05) is 0 Å². The minimum Gasteiger partial charge on any atom is -0.293 e. The standard InChI is InChI=1S/C9H7ClF2O/c1-5-2-6(11)9(7(12)3-5)8(13)4-10/h2-3H,4H2,1H3. The van der Waals surface area contributed by atoms with E-state index in [1.165, 1.54) is 0 Å². The molecule has 0 unspecified atom stereocenters. The maximum atomic E-state index is 13.0. The molecule has 0 aliphatic heterocycles. The van der Waals surface area contributed by atoms with Gasteiger partial charge in [-0.15, -0.1) is 11.6 Å². The summed E-state index contributed by atoms with van der Waals surface area (Å²) in [6, 6.07) is 2.20. The van der Waals surface area contributed by atoms with E-state index in [9.17, 15) is 13.6 Å². The monoisotopic (exact) mass is 204 g/mol. The average molecular weight is 205 g/mol. The molecule has 0 radical (unpaired) electrons. The zero-order valence-corrected chi connectivity index (χ0v) is 7.66. The Kier molecular flexibility index (Phi) is 2.98. The van der Waals surface area contributed by atoms with E-state index >= 15 is 0 Å². The van der Waals surface area contributed by atoms with Gasteiger partial charge in [-0.3, -0.25) is 4.79 Å². The van der Waals surface area contributed by atoms with Crippen LogP contribution in [0.4, 0.5) is 8.78 Å². The van der Waals surface area contributed by atoms with Crippen molar-refractivity contribution >= 4 is 17.4 Å². The fourth-order valence-electron chi connectivity index (χ4n) is 1.03. The molecular weight excluding hydrogens is 198 g/mol. The number of hydrogen-bond donors (Lipinski definition) is 0. The van der Waals surface area contributed by atoms with Gasteiger partial charge in [-0.05, 0) is 24.6 Å². The third-order valence-electron chi connectivity index (χ3n) is 1.59. The Balaban J connectivity index is 3.28. The van der Waals surface area contributed by atoms with Crippen molar-refractivity contribution < 1.29 is 13.6 Å². The number of carbonyl (C=O) groups is 1. The third kappa shape index (κ3) is 2.04. The fraction of sp³-hybridized carbons (Fsp3) is 0.222. The molecule has 0 saturated heterocycles. The molecule has 0 heterocycles. The second-order valence-corrected chi connectivity index (χ2v) is 2.93. The molecule has 13 heavy (non-hydrogen) atoms. The van der Waals surface area contributed by atoms with Crippen molar-refractivity contribution in [2.45, 2.75) is 6.92 Å². The molecule has 70 valence electrons. The number of carbonyl (C=O) groups excluding carboxylic acids is 1. The van der Waals surface area contributed by atoms with Crippen LogP contribution in [0.3, 0.4) is 0 Å². The number of alkyl halides is 1. The molecule has 0 saturated carbocycles. The average Bonchev–Trinajstić information content (AvgIpc) is 2.02. The predicted octanol–water partition coefficient (Wildman–Crippen LogP) is 2.69. The lowest BCUT2D eigenvalue weighted by molar-refractivity contribution is 0.101. The van der Waals surface area contributed by atoms with E-state index in [1.807, 2.05) is 0 Å². The molecule has 0 aromatic heterocycles. The van der Waals surface area contributed by atoms with Gasteiger partial charge in [0.2, 0.25) is 0 Å². The number of halogens is 3. The number of hydrogen-bond acceptors (Lipinski definition) is 1.